The molecule has 0 spiro atoms. The summed E-state index contributed by atoms with van der Waals surface area (Å²) in [4.78, 5) is 9.93. The zero-order valence-electron chi connectivity index (χ0n) is 8.57. The van der Waals surface area contributed by atoms with Crippen LogP contribution >= 0.6 is 0 Å². The van der Waals surface area contributed by atoms with Gasteiger partial charge >= 0.3 is 0 Å². The van der Waals surface area contributed by atoms with Gasteiger partial charge in [-0.3, -0.25) is 10.1 Å². The number of aliphatic hydroxyl groups excluding tert-OH is 1. The number of nitrogens with zero attached hydrogens (tertiary/aromatic N) is 1. The molecule has 16 heavy (non-hydrogen) atoms. The van der Waals surface area contributed by atoms with Crippen molar-refractivity contribution in [2.75, 3.05) is 25.6 Å². The fourth-order valence-electron chi connectivity index (χ4n) is 1.18. The molecular weight excluding hydrogens is 219 g/mol. The van der Waals surface area contributed by atoms with Gasteiger partial charge in [-0.2, -0.15) is 0 Å². The molecule has 0 amide bonds. The highest BCUT2D eigenvalue weighted by Gasteiger charge is 2.18. The summed E-state index contributed by atoms with van der Waals surface area (Å²) in [6.45, 7) is -0.0491. The fraction of sp³-hybridized carbons (Fsp3) is 0.333. The summed E-state index contributed by atoms with van der Waals surface area (Å²) < 4.78 is 17.9. The molecule has 0 heterocycles. The Morgan fingerprint density at radius 3 is 2.81 bits per heavy atom. The van der Waals surface area contributed by atoms with Crippen molar-refractivity contribution in [3.05, 3.63) is 28.1 Å². The van der Waals surface area contributed by atoms with Crippen LogP contribution in [0.15, 0.2) is 12.1 Å². The van der Waals surface area contributed by atoms with Crippen molar-refractivity contribution < 1.29 is 19.2 Å². The molecule has 0 fully saturated rings. The lowest BCUT2D eigenvalue weighted by Gasteiger charge is -2.08. The SMILES string of the molecule is COc1cc(NCCO)c([N+](=O)[O-])cc1F. The van der Waals surface area contributed by atoms with Gasteiger partial charge in [0.1, 0.15) is 5.69 Å². The minimum atomic E-state index is -0.802. The van der Waals surface area contributed by atoms with Gasteiger partial charge in [-0.1, -0.05) is 0 Å². The number of hydrogen-bond donors (Lipinski definition) is 2. The number of hydrogen-bond acceptors (Lipinski definition) is 5. The van der Waals surface area contributed by atoms with Gasteiger partial charge in [0, 0.05) is 12.6 Å². The Morgan fingerprint density at radius 2 is 2.31 bits per heavy atom. The predicted molar refractivity (Wildman–Crippen MR) is 55.2 cm³/mol. The molecule has 0 saturated heterocycles. The van der Waals surface area contributed by atoms with E-state index in [-0.39, 0.29) is 24.6 Å². The molecule has 1 rings (SSSR count). The second-order valence-corrected chi connectivity index (χ2v) is 2.91. The molecule has 2 N–H and O–H groups in total. The van der Waals surface area contributed by atoms with E-state index in [0.717, 1.165) is 6.07 Å². The Morgan fingerprint density at radius 1 is 1.62 bits per heavy atom. The molecule has 7 heteroatoms. The van der Waals surface area contributed by atoms with E-state index in [0.29, 0.717) is 0 Å². The summed E-state index contributed by atoms with van der Waals surface area (Å²) in [5, 5.41) is 21.8. The van der Waals surface area contributed by atoms with Crippen LogP contribution in [0, 0.1) is 15.9 Å². The van der Waals surface area contributed by atoms with Gasteiger partial charge < -0.3 is 15.2 Å². The van der Waals surface area contributed by atoms with Gasteiger partial charge in [0.2, 0.25) is 0 Å². The first-order chi connectivity index (χ1) is 7.60. The number of anilines is 1. The maximum Gasteiger partial charge on any atom is 0.295 e. The molecule has 6 nitrogen and oxygen atoms in total. The lowest BCUT2D eigenvalue weighted by atomic mass is 10.2. The number of nitrogens with one attached hydrogen (secondary N) is 1. The second-order valence-electron chi connectivity index (χ2n) is 2.91. The van der Waals surface area contributed by atoms with Crippen molar-refractivity contribution in [2.45, 2.75) is 0 Å². The highest BCUT2D eigenvalue weighted by molar-refractivity contribution is 5.64. The Bertz CT molecular complexity index is 397. The minimum Gasteiger partial charge on any atom is -0.494 e. The average molecular weight is 230 g/mol. The third kappa shape index (κ3) is 2.57. The molecular formula is C9H11FN2O4. The molecule has 1 aromatic carbocycles. The molecule has 0 aliphatic heterocycles. The van der Waals surface area contributed by atoms with Crippen LogP contribution in [0.2, 0.25) is 0 Å². The largest absolute Gasteiger partial charge is 0.494 e. The van der Waals surface area contributed by atoms with E-state index in [4.69, 9.17) is 9.84 Å². The molecule has 0 radical (unpaired) electrons. The van der Waals surface area contributed by atoms with Gasteiger partial charge in [-0.05, 0) is 0 Å². The van der Waals surface area contributed by atoms with E-state index in [1.807, 2.05) is 0 Å². The van der Waals surface area contributed by atoms with Gasteiger partial charge in [0.05, 0.1) is 24.7 Å². The number of ether oxygens (including phenoxy) is 1. The highest BCUT2D eigenvalue weighted by atomic mass is 19.1. The number of methoxy groups -OCH3 is 1. The van der Waals surface area contributed by atoms with Crippen molar-refractivity contribution >= 4 is 11.4 Å². The summed E-state index contributed by atoms with van der Waals surface area (Å²) in [6, 6.07) is 1.96. The highest BCUT2D eigenvalue weighted by Crippen LogP contribution is 2.31. The van der Waals surface area contributed by atoms with Crippen LogP contribution in [0.4, 0.5) is 15.8 Å². The Hall–Kier alpha value is -1.89. The van der Waals surface area contributed by atoms with Gasteiger partial charge in [-0.25, -0.2) is 4.39 Å². The number of nitro groups is 1. The Kier molecular flexibility index (Phi) is 4.01. The molecule has 0 aromatic heterocycles. The van der Waals surface area contributed by atoms with Crippen LogP contribution < -0.4 is 10.1 Å². The minimum absolute atomic E-state index is 0.0916. The van der Waals surface area contributed by atoms with Crippen LogP contribution in [0.5, 0.6) is 5.75 Å². The van der Waals surface area contributed by atoms with Crippen LogP contribution in [0.3, 0.4) is 0 Å². The van der Waals surface area contributed by atoms with Crippen molar-refractivity contribution in [1.82, 2.24) is 0 Å². The topological polar surface area (TPSA) is 84.6 Å². The van der Waals surface area contributed by atoms with E-state index in [1.54, 1.807) is 0 Å². The number of benzene rings is 1. The summed E-state index contributed by atoms with van der Waals surface area (Å²) in [5.41, 5.74) is -0.288. The molecule has 0 aliphatic carbocycles. The number of rotatable bonds is 5. The molecule has 0 bridgehead atoms. The first-order valence-electron chi connectivity index (χ1n) is 4.46. The first kappa shape index (κ1) is 12.2. The van der Waals surface area contributed by atoms with E-state index < -0.39 is 16.4 Å². The number of halogens is 1. The second kappa shape index (κ2) is 5.26. The van der Waals surface area contributed by atoms with Gasteiger partial charge in [-0.15, -0.1) is 0 Å². The number of aliphatic hydroxyl groups is 1. The van der Waals surface area contributed by atoms with E-state index in [1.165, 1.54) is 13.2 Å². The van der Waals surface area contributed by atoms with E-state index in [9.17, 15) is 14.5 Å². The Balaban J connectivity index is 3.14. The van der Waals surface area contributed by atoms with Gasteiger partial charge in [0.15, 0.2) is 11.6 Å². The third-order valence-corrected chi connectivity index (χ3v) is 1.89. The summed E-state index contributed by atoms with van der Waals surface area (Å²) in [6.07, 6.45) is 0. The molecule has 0 aliphatic rings. The van der Waals surface area contributed by atoms with Crippen molar-refractivity contribution in [1.29, 1.82) is 0 Å². The average Bonchev–Trinajstić information content (AvgIpc) is 2.26. The van der Waals surface area contributed by atoms with Crippen molar-refractivity contribution in [2.24, 2.45) is 0 Å². The maximum atomic E-state index is 13.2. The van der Waals surface area contributed by atoms with Crippen molar-refractivity contribution in [3.8, 4) is 5.75 Å². The molecule has 0 atom stereocenters. The third-order valence-electron chi connectivity index (χ3n) is 1.89. The van der Waals surface area contributed by atoms with Gasteiger partial charge in [0.25, 0.3) is 5.69 Å². The molecule has 1 aromatic rings. The maximum absolute atomic E-state index is 13.2. The van der Waals surface area contributed by atoms with Crippen LogP contribution in [-0.4, -0.2) is 30.3 Å². The predicted octanol–water partition coefficient (Wildman–Crippen LogP) is 1.15. The molecule has 0 saturated carbocycles. The van der Waals surface area contributed by atoms with E-state index >= 15 is 0 Å². The lowest BCUT2D eigenvalue weighted by molar-refractivity contribution is -0.384. The monoisotopic (exact) mass is 230 g/mol. The van der Waals surface area contributed by atoms with Crippen molar-refractivity contribution in [3.63, 3.8) is 0 Å². The van der Waals surface area contributed by atoms with Crippen LogP contribution in [-0.2, 0) is 0 Å². The summed E-state index contributed by atoms with van der Waals surface area (Å²) >= 11 is 0. The van der Waals surface area contributed by atoms with E-state index in [2.05, 4.69) is 5.32 Å². The summed E-state index contributed by atoms with van der Waals surface area (Å²) in [7, 11) is 1.26. The smallest absolute Gasteiger partial charge is 0.295 e. The van der Waals surface area contributed by atoms with Crippen LogP contribution in [0.25, 0.3) is 0 Å². The van der Waals surface area contributed by atoms with Crippen LogP contribution in [0.1, 0.15) is 0 Å². The normalized spacial score (nSPS) is 9.94. The lowest BCUT2D eigenvalue weighted by Crippen LogP contribution is -2.08. The number of nitro benzene ring substituents is 1. The quantitative estimate of drug-likeness (QED) is 0.585. The summed E-state index contributed by atoms with van der Waals surface area (Å²) in [5.74, 6) is -0.894. The first-order valence-corrected chi connectivity index (χ1v) is 4.46. The zero-order chi connectivity index (χ0) is 12.1. The Labute approximate surface area is 90.8 Å². The zero-order valence-corrected chi connectivity index (χ0v) is 8.57. The molecule has 0 unspecified atom stereocenters. The standard InChI is InChI=1S/C9H11FN2O4/c1-16-9-5-7(11-2-3-13)8(12(14)15)4-6(9)10/h4-5,11,13H,2-3H2,1H3. The molecule has 88 valence electrons. The fourth-order valence-corrected chi connectivity index (χ4v) is 1.18.